The molecule has 21 heavy (non-hydrogen) atoms. The Morgan fingerprint density at radius 3 is 2.86 bits per heavy atom. The van der Waals surface area contributed by atoms with Crippen LogP contribution in [-0.4, -0.2) is 26.3 Å². The van der Waals surface area contributed by atoms with Gasteiger partial charge in [-0.2, -0.15) is 0 Å². The second-order valence-corrected chi connectivity index (χ2v) is 5.53. The summed E-state index contributed by atoms with van der Waals surface area (Å²) in [4.78, 5) is 4.71. The smallest absolute Gasteiger partial charge is 0.193 e. The zero-order valence-corrected chi connectivity index (χ0v) is 12.8. The van der Waals surface area contributed by atoms with Crippen LogP contribution < -0.4 is 5.32 Å². The van der Waals surface area contributed by atoms with Gasteiger partial charge in [0.25, 0.3) is 0 Å². The molecule has 3 heterocycles. The number of rotatable bonds is 2. The highest BCUT2D eigenvalue weighted by Crippen LogP contribution is 2.28. The molecule has 0 amide bonds. The average molecular weight is 320 g/mol. The summed E-state index contributed by atoms with van der Waals surface area (Å²) in [6.45, 7) is 2.64. The van der Waals surface area contributed by atoms with Crippen molar-refractivity contribution in [1.82, 2.24) is 25.1 Å². The van der Waals surface area contributed by atoms with Crippen molar-refractivity contribution in [2.75, 3.05) is 6.54 Å². The number of thiazole rings is 1. The van der Waals surface area contributed by atoms with Crippen molar-refractivity contribution in [2.45, 2.75) is 13.1 Å². The summed E-state index contributed by atoms with van der Waals surface area (Å²) in [5, 5.41) is 14.8. The molecule has 0 bridgehead atoms. The quantitative estimate of drug-likeness (QED) is 0.789. The normalized spacial score (nSPS) is 13.5. The number of nitrogens with zero attached hydrogens (tertiary/aromatic N) is 4. The minimum atomic E-state index is 0. The molecule has 1 N–H and O–H groups in total. The van der Waals surface area contributed by atoms with Gasteiger partial charge in [-0.05, 0) is 0 Å². The molecular weight excluding hydrogens is 306 g/mol. The first-order chi connectivity index (χ1) is 9.92. The van der Waals surface area contributed by atoms with Crippen LogP contribution in [0.5, 0.6) is 0 Å². The van der Waals surface area contributed by atoms with Crippen LogP contribution in [0.25, 0.3) is 22.1 Å². The van der Waals surface area contributed by atoms with Crippen LogP contribution in [0, 0.1) is 0 Å². The Balaban J connectivity index is 0.00000132. The molecule has 4 rings (SSSR count). The molecule has 2 aromatic heterocycles. The van der Waals surface area contributed by atoms with E-state index in [1.54, 1.807) is 11.3 Å². The van der Waals surface area contributed by atoms with Crippen molar-refractivity contribution >= 4 is 23.7 Å². The Hall–Kier alpha value is -1.76. The lowest BCUT2D eigenvalue weighted by Gasteiger charge is -2.14. The van der Waals surface area contributed by atoms with Gasteiger partial charge < -0.3 is 9.88 Å². The molecule has 1 aliphatic heterocycles. The third kappa shape index (κ3) is 2.57. The lowest BCUT2D eigenvalue weighted by Crippen LogP contribution is -2.28. The van der Waals surface area contributed by atoms with Crippen molar-refractivity contribution in [2.24, 2.45) is 0 Å². The summed E-state index contributed by atoms with van der Waals surface area (Å²) in [6.07, 6.45) is 0. The van der Waals surface area contributed by atoms with Gasteiger partial charge in [0.2, 0.25) is 0 Å². The van der Waals surface area contributed by atoms with Gasteiger partial charge in [0.05, 0.1) is 12.2 Å². The van der Waals surface area contributed by atoms with E-state index in [2.05, 4.69) is 37.6 Å². The van der Waals surface area contributed by atoms with Crippen LogP contribution >= 0.6 is 23.7 Å². The van der Waals surface area contributed by atoms with E-state index in [1.165, 1.54) is 0 Å². The van der Waals surface area contributed by atoms with Crippen LogP contribution in [0.15, 0.2) is 35.7 Å². The van der Waals surface area contributed by atoms with Gasteiger partial charge in [0, 0.05) is 24.0 Å². The summed E-state index contributed by atoms with van der Waals surface area (Å²) in [6, 6.07) is 10.2. The number of hydrogen-bond acceptors (Lipinski definition) is 5. The lowest BCUT2D eigenvalue weighted by molar-refractivity contribution is 0.508. The molecule has 0 unspecified atom stereocenters. The van der Waals surface area contributed by atoms with E-state index >= 15 is 0 Å². The van der Waals surface area contributed by atoms with Gasteiger partial charge >= 0.3 is 0 Å². The monoisotopic (exact) mass is 319 g/mol. The molecule has 0 fully saturated rings. The number of nitrogens with one attached hydrogen (secondary N) is 1. The highest BCUT2D eigenvalue weighted by Gasteiger charge is 2.19. The third-order valence-electron chi connectivity index (χ3n) is 3.39. The summed E-state index contributed by atoms with van der Waals surface area (Å²) in [5.41, 5.74) is 2.13. The molecular formula is C14H14ClN5S. The minimum Gasteiger partial charge on any atom is -0.308 e. The van der Waals surface area contributed by atoms with E-state index < -0.39 is 0 Å². The third-order valence-corrected chi connectivity index (χ3v) is 4.23. The van der Waals surface area contributed by atoms with Crippen LogP contribution in [0.3, 0.4) is 0 Å². The SMILES string of the molecule is Cl.c1ccc(-c2csc(-c3nnc4n3CCNC4)n2)cc1. The summed E-state index contributed by atoms with van der Waals surface area (Å²) >= 11 is 1.62. The van der Waals surface area contributed by atoms with Crippen LogP contribution in [0.4, 0.5) is 0 Å². The molecule has 1 aliphatic rings. The Bertz CT molecular complexity index is 737. The largest absolute Gasteiger partial charge is 0.308 e. The minimum absolute atomic E-state index is 0. The number of halogens is 1. The Morgan fingerprint density at radius 1 is 1.14 bits per heavy atom. The van der Waals surface area contributed by atoms with E-state index in [4.69, 9.17) is 4.98 Å². The molecule has 0 aliphatic carbocycles. The van der Waals surface area contributed by atoms with Crippen molar-refractivity contribution in [1.29, 1.82) is 0 Å². The summed E-state index contributed by atoms with van der Waals surface area (Å²) in [5.74, 6) is 1.87. The fourth-order valence-corrected chi connectivity index (χ4v) is 3.19. The van der Waals surface area contributed by atoms with Gasteiger partial charge in [-0.15, -0.1) is 33.9 Å². The maximum Gasteiger partial charge on any atom is 0.193 e. The summed E-state index contributed by atoms with van der Waals surface area (Å²) < 4.78 is 2.16. The number of benzene rings is 1. The molecule has 3 aromatic rings. The zero-order chi connectivity index (χ0) is 13.4. The molecule has 108 valence electrons. The number of hydrogen-bond donors (Lipinski definition) is 1. The Kier molecular flexibility index (Phi) is 4.01. The van der Waals surface area contributed by atoms with Crippen molar-refractivity contribution in [3.8, 4) is 22.1 Å². The van der Waals surface area contributed by atoms with Gasteiger partial charge in [-0.1, -0.05) is 30.3 Å². The van der Waals surface area contributed by atoms with E-state index in [0.717, 1.165) is 47.5 Å². The maximum absolute atomic E-state index is 4.71. The topological polar surface area (TPSA) is 55.6 Å². The first kappa shape index (κ1) is 14.2. The predicted octanol–water partition coefficient (Wildman–Crippen LogP) is 2.59. The highest BCUT2D eigenvalue weighted by atomic mass is 35.5. The second-order valence-electron chi connectivity index (χ2n) is 4.67. The van der Waals surface area contributed by atoms with E-state index in [-0.39, 0.29) is 12.4 Å². The maximum atomic E-state index is 4.71. The molecule has 0 atom stereocenters. The predicted molar refractivity (Wildman–Crippen MR) is 85.5 cm³/mol. The molecule has 0 saturated heterocycles. The molecule has 0 spiro atoms. The van der Waals surface area contributed by atoms with Crippen molar-refractivity contribution < 1.29 is 0 Å². The highest BCUT2D eigenvalue weighted by molar-refractivity contribution is 7.13. The fraction of sp³-hybridized carbons (Fsp3) is 0.214. The van der Waals surface area contributed by atoms with Gasteiger partial charge in [-0.3, -0.25) is 0 Å². The summed E-state index contributed by atoms with van der Waals surface area (Å²) in [7, 11) is 0. The van der Waals surface area contributed by atoms with Crippen molar-refractivity contribution in [3.63, 3.8) is 0 Å². The Labute approximate surface area is 132 Å². The van der Waals surface area contributed by atoms with E-state index in [1.807, 2.05) is 18.2 Å². The molecule has 1 aromatic carbocycles. The van der Waals surface area contributed by atoms with Gasteiger partial charge in [-0.25, -0.2) is 4.98 Å². The second kappa shape index (κ2) is 5.93. The number of aromatic nitrogens is 4. The number of fused-ring (bicyclic) bond motifs is 1. The van der Waals surface area contributed by atoms with E-state index in [9.17, 15) is 0 Å². The first-order valence-electron chi connectivity index (χ1n) is 6.56. The molecule has 7 heteroatoms. The zero-order valence-electron chi connectivity index (χ0n) is 11.2. The van der Waals surface area contributed by atoms with Crippen LogP contribution in [0.2, 0.25) is 0 Å². The average Bonchev–Trinajstić information content (AvgIpc) is 3.14. The molecule has 5 nitrogen and oxygen atoms in total. The Morgan fingerprint density at radius 2 is 2.00 bits per heavy atom. The molecule has 0 radical (unpaired) electrons. The van der Waals surface area contributed by atoms with Gasteiger partial charge in [0.1, 0.15) is 5.82 Å². The van der Waals surface area contributed by atoms with Crippen LogP contribution in [-0.2, 0) is 13.1 Å². The molecule has 0 saturated carbocycles. The standard InChI is InChI=1S/C14H13N5S.ClH/c1-2-4-10(5-3-1)11-9-20-14(16-11)13-18-17-12-8-15-6-7-19(12)13;/h1-5,9,15H,6-8H2;1H. The van der Waals surface area contributed by atoms with Crippen LogP contribution in [0.1, 0.15) is 5.82 Å². The van der Waals surface area contributed by atoms with E-state index in [0.29, 0.717) is 0 Å². The lowest BCUT2D eigenvalue weighted by atomic mass is 10.2. The van der Waals surface area contributed by atoms with Crippen molar-refractivity contribution in [3.05, 3.63) is 41.5 Å². The van der Waals surface area contributed by atoms with Gasteiger partial charge in [0.15, 0.2) is 10.8 Å². The fourth-order valence-electron chi connectivity index (χ4n) is 2.37. The first-order valence-corrected chi connectivity index (χ1v) is 7.44.